The molecule has 0 radical (unpaired) electrons. The van der Waals surface area contributed by atoms with E-state index in [1.165, 1.54) is 0 Å². The van der Waals surface area contributed by atoms with Gasteiger partial charge in [-0.2, -0.15) is 0 Å². The van der Waals surface area contributed by atoms with Crippen LogP contribution in [0.5, 0.6) is 0 Å². The first-order valence-corrected chi connectivity index (χ1v) is 7.08. The second kappa shape index (κ2) is 5.44. The van der Waals surface area contributed by atoms with Crippen LogP contribution in [0.2, 0.25) is 0 Å². The molecule has 1 aromatic rings. The standard InChI is InChI=1S/C11H15F2NO2S/c1-3-17(15,16)7-8(2)14-11-6-9(12)4-5-10(11)13/h4-6,8,14H,3,7H2,1-2H3. The molecule has 3 nitrogen and oxygen atoms in total. The smallest absolute Gasteiger partial charge is 0.152 e. The van der Waals surface area contributed by atoms with Gasteiger partial charge in [-0.3, -0.25) is 0 Å². The summed E-state index contributed by atoms with van der Waals surface area (Å²) in [6.07, 6.45) is 0. The van der Waals surface area contributed by atoms with E-state index in [-0.39, 0.29) is 17.2 Å². The molecule has 0 heterocycles. The van der Waals surface area contributed by atoms with Gasteiger partial charge in [0.2, 0.25) is 0 Å². The Balaban J connectivity index is 2.74. The summed E-state index contributed by atoms with van der Waals surface area (Å²) < 4.78 is 48.8. The Morgan fingerprint density at radius 1 is 1.35 bits per heavy atom. The van der Waals surface area contributed by atoms with E-state index in [9.17, 15) is 17.2 Å². The Hall–Kier alpha value is -1.17. The normalized spacial score (nSPS) is 13.4. The summed E-state index contributed by atoms with van der Waals surface area (Å²) in [5.41, 5.74) is -0.0243. The topological polar surface area (TPSA) is 46.2 Å². The van der Waals surface area contributed by atoms with Crippen molar-refractivity contribution in [3.05, 3.63) is 29.8 Å². The monoisotopic (exact) mass is 263 g/mol. The highest BCUT2D eigenvalue weighted by atomic mass is 32.2. The average Bonchev–Trinajstić information content (AvgIpc) is 2.23. The second-order valence-corrected chi connectivity index (χ2v) is 6.27. The molecule has 1 unspecified atom stereocenters. The van der Waals surface area contributed by atoms with Gasteiger partial charge in [0.05, 0.1) is 11.4 Å². The van der Waals surface area contributed by atoms with Gasteiger partial charge in [0.1, 0.15) is 11.6 Å². The quantitative estimate of drug-likeness (QED) is 0.886. The average molecular weight is 263 g/mol. The maximum Gasteiger partial charge on any atom is 0.152 e. The summed E-state index contributed by atoms with van der Waals surface area (Å²) in [5, 5.41) is 2.65. The zero-order valence-electron chi connectivity index (χ0n) is 9.70. The van der Waals surface area contributed by atoms with Crippen LogP contribution in [0.3, 0.4) is 0 Å². The van der Waals surface area contributed by atoms with Crippen LogP contribution >= 0.6 is 0 Å². The predicted octanol–water partition coefficient (Wildman–Crippen LogP) is 2.20. The highest BCUT2D eigenvalue weighted by molar-refractivity contribution is 7.91. The summed E-state index contributed by atoms with van der Waals surface area (Å²) in [5.74, 6) is -1.25. The third-order valence-electron chi connectivity index (χ3n) is 2.27. The largest absolute Gasteiger partial charge is 0.379 e. The van der Waals surface area contributed by atoms with Crippen molar-refractivity contribution in [3.8, 4) is 0 Å². The fourth-order valence-electron chi connectivity index (χ4n) is 1.41. The van der Waals surface area contributed by atoms with Crippen molar-refractivity contribution in [2.75, 3.05) is 16.8 Å². The van der Waals surface area contributed by atoms with Gasteiger partial charge in [0, 0.05) is 11.8 Å². The molecular weight excluding hydrogens is 248 g/mol. The maximum absolute atomic E-state index is 13.3. The third-order valence-corrected chi connectivity index (χ3v) is 4.16. The van der Waals surface area contributed by atoms with Crippen LogP contribution in [0.15, 0.2) is 18.2 Å². The molecule has 1 aromatic carbocycles. The summed E-state index contributed by atoms with van der Waals surface area (Å²) >= 11 is 0. The van der Waals surface area contributed by atoms with Crippen LogP contribution in [-0.4, -0.2) is 26.0 Å². The molecule has 0 amide bonds. The third kappa shape index (κ3) is 4.30. The van der Waals surface area contributed by atoms with Crippen molar-refractivity contribution in [2.24, 2.45) is 0 Å². The Bertz CT molecular complexity index is 488. The lowest BCUT2D eigenvalue weighted by atomic mass is 10.2. The molecule has 1 rings (SSSR count). The van der Waals surface area contributed by atoms with Crippen LogP contribution in [0, 0.1) is 11.6 Å². The number of sulfone groups is 1. The van der Waals surface area contributed by atoms with Gasteiger partial charge in [-0.15, -0.1) is 0 Å². The summed E-state index contributed by atoms with van der Waals surface area (Å²) in [6, 6.07) is 2.54. The van der Waals surface area contributed by atoms with Crippen molar-refractivity contribution in [2.45, 2.75) is 19.9 Å². The second-order valence-electron chi connectivity index (χ2n) is 3.87. The zero-order chi connectivity index (χ0) is 13.1. The van der Waals surface area contributed by atoms with Gasteiger partial charge in [-0.25, -0.2) is 17.2 Å². The Labute approximate surface area is 99.8 Å². The van der Waals surface area contributed by atoms with Gasteiger partial charge in [-0.05, 0) is 25.1 Å². The molecule has 1 atom stereocenters. The predicted molar refractivity (Wildman–Crippen MR) is 63.8 cm³/mol. The van der Waals surface area contributed by atoms with E-state index in [2.05, 4.69) is 5.32 Å². The van der Waals surface area contributed by atoms with Crippen LogP contribution in [0.4, 0.5) is 14.5 Å². The van der Waals surface area contributed by atoms with Crippen molar-refractivity contribution >= 4 is 15.5 Å². The highest BCUT2D eigenvalue weighted by Crippen LogP contribution is 2.16. The molecule has 1 N–H and O–H groups in total. The number of nitrogens with one attached hydrogen (secondary N) is 1. The lowest BCUT2D eigenvalue weighted by Gasteiger charge is -2.15. The molecule has 0 aromatic heterocycles. The molecule has 0 bridgehead atoms. The lowest BCUT2D eigenvalue weighted by molar-refractivity contribution is 0.590. The minimum absolute atomic E-state index is 0.0243. The summed E-state index contributed by atoms with van der Waals surface area (Å²) in [7, 11) is -3.14. The lowest BCUT2D eigenvalue weighted by Crippen LogP contribution is -2.27. The molecule has 6 heteroatoms. The van der Waals surface area contributed by atoms with Gasteiger partial charge in [0.15, 0.2) is 9.84 Å². The molecule has 0 aliphatic carbocycles. The van der Waals surface area contributed by atoms with Gasteiger partial charge < -0.3 is 5.32 Å². The first kappa shape index (κ1) is 13.9. The molecule has 0 saturated carbocycles. The molecule has 96 valence electrons. The Morgan fingerprint density at radius 3 is 2.59 bits per heavy atom. The molecule has 0 saturated heterocycles. The van der Waals surface area contributed by atoms with Gasteiger partial charge >= 0.3 is 0 Å². The van der Waals surface area contributed by atoms with E-state index in [0.29, 0.717) is 0 Å². The fourth-order valence-corrected chi connectivity index (χ4v) is 2.49. The number of anilines is 1. The minimum atomic E-state index is -3.14. The SMILES string of the molecule is CCS(=O)(=O)CC(C)Nc1cc(F)ccc1F. The number of hydrogen-bond acceptors (Lipinski definition) is 3. The summed E-state index contributed by atoms with van der Waals surface area (Å²) in [6.45, 7) is 3.16. The van der Waals surface area contributed by atoms with Crippen LogP contribution < -0.4 is 5.32 Å². The Kier molecular flexibility index (Phi) is 4.45. The van der Waals surface area contributed by atoms with Crippen molar-refractivity contribution < 1.29 is 17.2 Å². The van der Waals surface area contributed by atoms with E-state index >= 15 is 0 Å². The first-order chi connectivity index (χ1) is 7.84. The maximum atomic E-state index is 13.3. The number of hydrogen-bond donors (Lipinski definition) is 1. The van der Waals surface area contributed by atoms with E-state index in [4.69, 9.17) is 0 Å². The number of halogens is 2. The Morgan fingerprint density at radius 2 is 2.00 bits per heavy atom. The van der Waals surface area contributed by atoms with E-state index < -0.39 is 27.5 Å². The summed E-state index contributed by atoms with van der Waals surface area (Å²) in [4.78, 5) is 0. The van der Waals surface area contributed by atoms with Crippen LogP contribution in [0.25, 0.3) is 0 Å². The highest BCUT2D eigenvalue weighted by Gasteiger charge is 2.15. The van der Waals surface area contributed by atoms with Crippen molar-refractivity contribution in [1.82, 2.24) is 0 Å². The minimum Gasteiger partial charge on any atom is -0.379 e. The molecular formula is C11H15F2NO2S. The fraction of sp³-hybridized carbons (Fsp3) is 0.455. The molecule has 17 heavy (non-hydrogen) atoms. The molecule has 0 fully saturated rings. The van der Waals surface area contributed by atoms with Crippen molar-refractivity contribution in [3.63, 3.8) is 0 Å². The van der Waals surface area contributed by atoms with E-state index in [0.717, 1.165) is 18.2 Å². The van der Waals surface area contributed by atoms with Gasteiger partial charge in [-0.1, -0.05) is 6.92 Å². The number of benzene rings is 1. The van der Waals surface area contributed by atoms with Crippen molar-refractivity contribution in [1.29, 1.82) is 0 Å². The van der Waals surface area contributed by atoms with E-state index in [1.54, 1.807) is 13.8 Å². The molecule has 0 aliphatic rings. The van der Waals surface area contributed by atoms with Crippen LogP contribution in [0.1, 0.15) is 13.8 Å². The van der Waals surface area contributed by atoms with Crippen LogP contribution in [-0.2, 0) is 9.84 Å². The zero-order valence-corrected chi connectivity index (χ0v) is 10.5. The first-order valence-electron chi connectivity index (χ1n) is 5.26. The molecule has 0 aliphatic heterocycles. The van der Waals surface area contributed by atoms with Gasteiger partial charge in [0.25, 0.3) is 0 Å². The molecule has 0 spiro atoms. The van der Waals surface area contributed by atoms with E-state index in [1.807, 2.05) is 0 Å². The number of rotatable bonds is 5.